The molecule has 0 atom stereocenters. The van der Waals surface area contributed by atoms with E-state index in [1.54, 1.807) is 0 Å². The molecule has 3 aromatic heterocycles. The molecular formula is C68H75BrN4O2. The van der Waals surface area contributed by atoms with Crippen molar-refractivity contribution in [2.24, 2.45) is 0 Å². The van der Waals surface area contributed by atoms with Crippen molar-refractivity contribution in [3.63, 3.8) is 0 Å². The second-order valence-corrected chi connectivity index (χ2v) is 28.1. The molecule has 0 saturated heterocycles. The number of rotatable bonds is 4. The summed E-state index contributed by atoms with van der Waals surface area (Å²) in [5.41, 5.74) is 17.3. The van der Waals surface area contributed by atoms with Crippen LogP contribution >= 0.6 is 15.9 Å². The monoisotopic (exact) mass is 1060 g/mol. The van der Waals surface area contributed by atoms with E-state index < -0.39 is 11.6 Å². The van der Waals surface area contributed by atoms with E-state index in [2.05, 4.69) is 229 Å². The van der Waals surface area contributed by atoms with Gasteiger partial charge < -0.3 is 9.97 Å². The number of nitrogens with one attached hydrogen (secondary N) is 2. The van der Waals surface area contributed by atoms with Crippen molar-refractivity contribution in [1.29, 1.82) is 0 Å². The summed E-state index contributed by atoms with van der Waals surface area (Å²) in [5.74, 6) is -1.33. The van der Waals surface area contributed by atoms with Gasteiger partial charge in [-0.3, -0.25) is 9.59 Å². The van der Waals surface area contributed by atoms with Crippen molar-refractivity contribution in [2.75, 3.05) is 0 Å². The van der Waals surface area contributed by atoms with E-state index >= 15 is 9.59 Å². The molecule has 0 saturated carbocycles. The number of H-pyrrole nitrogens is 2. The summed E-state index contributed by atoms with van der Waals surface area (Å²) in [6.45, 7) is 40.4. The summed E-state index contributed by atoms with van der Waals surface area (Å²) >= 11 is 3.64. The number of carbonyl (C=O) groups is 2. The first-order chi connectivity index (χ1) is 34.7. The molecule has 7 heteroatoms. The molecule has 0 fully saturated rings. The van der Waals surface area contributed by atoms with Crippen LogP contribution in [0.25, 0.3) is 78.7 Å². The molecule has 4 aromatic carbocycles. The number of halogens is 1. The molecule has 0 radical (unpaired) electrons. The number of carbonyl (C=O) groups excluding carboxylic acids is 2. The molecule has 2 aliphatic heterocycles. The molecule has 7 aromatic rings. The number of Topliss-reactive ketones (excluding diaryl/α,β-unsaturated/α-hetero) is 2. The maximum absolute atomic E-state index is 15.2. The Morgan fingerprint density at radius 2 is 0.627 bits per heavy atom. The van der Waals surface area contributed by atoms with Crippen LogP contribution in [0.15, 0.2) is 108 Å². The van der Waals surface area contributed by atoms with Crippen LogP contribution in [0.5, 0.6) is 0 Å². The summed E-state index contributed by atoms with van der Waals surface area (Å²) < 4.78 is 0.883. The average Bonchev–Trinajstić information content (AvgIpc) is 4.13. The van der Waals surface area contributed by atoms with E-state index in [0.717, 1.165) is 71.2 Å². The van der Waals surface area contributed by atoms with Gasteiger partial charge in [-0.25, -0.2) is 9.97 Å². The van der Waals surface area contributed by atoms with Gasteiger partial charge in [-0.2, -0.15) is 0 Å². The van der Waals surface area contributed by atoms with Gasteiger partial charge in [0.1, 0.15) is 11.4 Å². The van der Waals surface area contributed by atoms with Gasteiger partial charge in [0.15, 0.2) is 0 Å². The molecule has 2 N–H and O–H groups in total. The fraction of sp³-hybridized carbons (Fsp3) is 0.353. The Bertz CT molecular complexity index is 3590. The van der Waals surface area contributed by atoms with Crippen LogP contribution in [-0.4, -0.2) is 31.5 Å². The van der Waals surface area contributed by atoms with Crippen LogP contribution in [0.3, 0.4) is 0 Å². The first-order valence-electron chi connectivity index (χ1n) is 26.5. The molecule has 8 bridgehead atoms. The Kier molecular flexibility index (Phi) is 13.1. The molecule has 5 heterocycles. The SMILES string of the molecule is CC(C)(C)c1cc(-c2c3nc(c(-c4ccc(Br)cc4)c4nc(c(-c5cc(C(C)(C)C)cc(C(C)(C)C)c5)c5ccc([nH]5)c(-c5cc(C(C)(C)C)cc(C(C)(C)C)c5)c5ccc2[nH]5)C(=O)C4=O)C=C3)cc(C(C)(C)C)c1. The van der Waals surface area contributed by atoms with Crippen molar-refractivity contribution in [3.8, 4) is 44.5 Å². The molecule has 386 valence electrons. The Balaban J connectivity index is 1.56. The van der Waals surface area contributed by atoms with Crippen LogP contribution < -0.4 is 0 Å². The second-order valence-electron chi connectivity index (χ2n) is 27.2. The number of aromatic amines is 2. The van der Waals surface area contributed by atoms with Gasteiger partial charge in [0.05, 0.1) is 11.4 Å². The number of hydrogen-bond acceptors (Lipinski definition) is 4. The second kappa shape index (κ2) is 18.4. The molecular weight excluding hydrogens is 985 g/mol. The van der Waals surface area contributed by atoms with E-state index in [0.29, 0.717) is 22.3 Å². The van der Waals surface area contributed by atoms with E-state index in [9.17, 15) is 0 Å². The zero-order chi connectivity index (χ0) is 54.7. The van der Waals surface area contributed by atoms with Gasteiger partial charge in [-0.1, -0.05) is 207 Å². The zero-order valence-electron chi connectivity index (χ0n) is 47.6. The Hall–Kier alpha value is -6.44. The molecule has 0 spiro atoms. The van der Waals surface area contributed by atoms with Gasteiger partial charge in [-0.05, 0) is 137 Å². The number of fused-ring (bicyclic) bond motifs is 8. The number of nitrogens with zero attached hydrogens (tertiary/aromatic N) is 2. The van der Waals surface area contributed by atoms with Gasteiger partial charge in [0.25, 0.3) is 11.6 Å². The van der Waals surface area contributed by atoms with Crippen molar-refractivity contribution in [3.05, 3.63) is 164 Å². The molecule has 0 unspecified atom stereocenters. The third-order valence-corrected chi connectivity index (χ3v) is 15.5. The van der Waals surface area contributed by atoms with Gasteiger partial charge in [0.2, 0.25) is 0 Å². The predicted molar refractivity (Wildman–Crippen MR) is 320 cm³/mol. The minimum absolute atomic E-state index is 0.0655. The maximum atomic E-state index is 15.2. The third-order valence-electron chi connectivity index (χ3n) is 14.9. The lowest BCUT2D eigenvalue weighted by molar-refractivity contribution is 0.0826. The number of hydrogen-bond donors (Lipinski definition) is 2. The first-order valence-corrected chi connectivity index (χ1v) is 27.3. The van der Waals surface area contributed by atoms with Crippen molar-refractivity contribution in [2.45, 2.75) is 157 Å². The number of ketones is 2. The predicted octanol–water partition coefficient (Wildman–Crippen LogP) is 18.8. The largest absolute Gasteiger partial charge is 0.354 e. The van der Waals surface area contributed by atoms with Crippen LogP contribution in [0, 0.1) is 0 Å². The first kappa shape index (κ1) is 53.4. The van der Waals surface area contributed by atoms with Crippen LogP contribution in [0.4, 0.5) is 0 Å². The fourth-order valence-corrected chi connectivity index (χ4v) is 10.3. The summed E-state index contributed by atoms with van der Waals surface area (Å²) in [4.78, 5) is 49.0. The lowest BCUT2D eigenvalue weighted by Crippen LogP contribution is -2.17. The van der Waals surface area contributed by atoms with Crippen molar-refractivity contribution >= 4 is 61.7 Å². The normalized spacial score (nSPS) is 13.8. The van der Waals surface area contributed by atoms with Crippen molar-refractivity contribution < 1.29 is 9.59 Å². The van der Waals surface area contributed by atoms with E-state index in [4.69, 9.17) is 9.97 Å². The molecule has 2 aliphatic rings. The van der Waals surface area contributed by atoms with Gasteiger partial charge in [0, 0.05) is 48.8 Å². The summed E-state index contributed by atoms with van der Waals surface area (Å²) in [6.07, 6.45) is 4.02. The van der Waals surface area contributed by atoms with Crippen LogP contribution in [0.2, 0.25) is 0 Å². The summed E-state index contributed by atoms with van der Waals surface area (Å²) in [7, 11) is 0. The lowest BCUT2D eigenvalue weighted by atomic mass is 9.78. The highest BCUT2D eigenvalue weighted by Gasteiger charge is 2.36. The fourth-order valence-electron chi connectivity index (χ4n) is 10.0. The molecule has 9 rings (SSSR count). The van der Waals surface area contributed by atoms with Gasteiger partial charge in [-0.15, -0.1) is 0 Å². The van der Waals surface area contributed by atoms with Gasteiger partial charge >= 0.3 is 0 Å². The summed E-state index contributed by atoms with van der Waals surface area (Å²) in [6, 6.07) is 37.0. The van der Waals surface area contributed by atoms with E-state index in [-0.39, 0.29) is 43.9 Å². The van der Waals surface area contributed by atoms with E-state index in [1.165, 1.54) is 22.3 Å². The Morgan fingerprint density at radius 1 is 0.333 bits per heavy atom. The highest BCUT2D eigenvalue weighted by atomic mass is 79.9. The highest BCUT2D eigenvalue weighted by molar-refractivity contribution is 9.10. The average molecular weight is 1060 g/mol. The summed E-state index contributed by atoms with van der Waals surface area (Å²) in [5, 5.41) is 0. The molecule has 0 amide bonds. The number of benzene rings is 4. The minimum atomic E-state index is -0.671. The minimum Gasteiger partial charge on any atom is -0.354 e. The quantitative estimate of drug-likeness (QED) is 0.172. The lowest BCUT2D eigenvalue weighted by Gasteiger charge is -2.26. The highest BCUT2D eigenvalue weighted by Crippen LogP contribution is 2.44. The molecule has 0 aliphatic carbocycles. The topological polar surface area (TPSA) is 91.5 Å². The maximum Gasteiger partial charge on any atom is 0.254 e. The third kappa shape index (κ3) is 10.5. The zero-order valence-corrected chi connectivity index (χ0v) is 49.1. The standard InChI is InChI=1S/C68H75BrN4O2/c1-63(2,3)42-29-39(30-43(35-42)64(4,5)6)55-49-23-24-50(70-49)56(40-31-44(65(7,8)9)36-45(32-40)66(10,11)12)52-26-28-54(72-52)58(41-33-46(67(13,14)15)37-47(34-41)68(16,17)18)60-62(75)61(74)59(73-60)57(53-27-25-51(55)71-53)38-19-21-48(69)22-20-38/h19-37,70,72H,1-18H3. The van der Waals surface area contributed by atoms with E-state index in [1.807, 2.05) is 36.4 Å². The molecule has 75 heavy (non-hydrogen) atoms. The van der Waals surface area contributed by atoms with Crippen LogP contribution in [0.1, 0.15) is 190 Å². The molecule has 6 nitrogen and oxygen atoms in total. The Morgan fingerprint density at radius 3 is 0.987 bits per heavy atom. The Labute approximate surface area is 454 Å². The number of aromatic nitrogens is 4. The smallest absolute Gasteiger partial charge is 0.254 e. The van der Waals surface area contributed by atoms with Crippen molar-refractivity contribution in [1.82, 2.24) is 19.9 Å². The van der Waals surface area contributed by atoms with Crippen LogP contribution in [-0.2, 0) is 32.5 Å².